The van der Waals surface area contributed by atoms with Gasteiger partial charge in [0, 0.05) is 24.7 Å². The highest BCUT2D eigenvalue weighted by Crippen LogP contribution is 2.16. The lowest BCUT2D eigenvalue weighted by Crippen LogP contribution is -2.36. The van der Waals surface area contributed by atoms with Gasteiger partial charge in [0.05, 0.1) is 19.2 Å². The fraction of sp³-hybridized carbons (Fsp3) is 0.636. The molecule has 17 heavy (non-hydrogen) atoms. The van der Waals surface area contributed by atoms with Crippen molar-refractivity contribution in [3.63, 3.8) is 0 Å². The Bertz CT molecular complexity index is 354. The molecule has 1 unspecified atom stereocenters. The summed E-state index contributed by atoms with van der Waals surface area (Å²) in [6.45, 7) is 5.34. The van der Waals surface area contributed by atoms with E-state index in [1.165, 1.54) is 0 Å². The smallest absolute Gasteiger partial charge is 0.234 e. The van der Waals surface area contributed by atoms with E-state index in [0.29, 0.717) is 19.7 Å². The molecule has 0 aromatic carbocycles. The van der Waals surface area contributed by atoms with Gasteiger partial charge < -0.3 is 10.1 Å². The summed E-state index contributed by atoms with van der Waals surface area (Å²) in [6.07, 6.45) is 0. The van der Waals surface area contributed by atoms with Gasteiger partial charge in [-0.3, -0.25) is 10.1 Å². The van der Waals surface area contributed by atoms with Gasteiger partial charge in [-0.05, 0) is 13.8 Å². The maximum atomic E-state index is 11.4. The average Bonchev–Trinajstić information content (AvgIpc) is 2.73. The SMILES string of the molecule is COCCNC(=O)CNC(C)c1nc(C)cs1. The zero-order valence-electron chi connectivity index (χ0n) is 10.4. The van der Waals surface area contributed by atoms with E-state index < -0.39 is 0 Å². The van der Waals surface area contributed by atoms with Crippen molar-refractivity contribution < 1.29 is 9.53 Å². The lowest BCUT2D eigenvalue weighted by molar-refractivity contribution is -0.120. The molecule has 0 aliphatic heterocycles. The second kappa shape index (κ2) is 7.37. The molecule has 1 atom stereocenters. The number of thiazole rings is 1. The molecule has 2 N–H and O–H groups in total. The lowest BCUT2D eigenvalue weighted by Gasteiger charge is -2.11. The van der Waals surface area contributed by atoms with Gasteiger partial charge in [-0.1, -0.05) is 0 Å². The summed E-state index contributed by atoms with van der Waals surface area (Å²) in [6, 6.07) is 0.0990. The molecule has 0 bridgehead atoms. The van der Waals surface area contributed by atoms with Crippen LogP contribution in [0.15, 0.2) is 5.38 Å². The van der Waals surface area contributed by atoms with Gasteiger partial charge in [-0.2, -0.15) is 0 Å². The third-order valence-corrected chi connectivity index (χ3v) is 3.35. The Balaban J connectivity index is 2.23. The zero-order valence-corrected chi connectivity index (χ0v) is 11.3. The van der Waals surface area contributed by atoms with Gasteiger partial charge in [0.25, 0.3) is 0 Å². The molecule has 0 spiro atoms. The van der Waals surface area contributed by atoms with Crippen molar-refractivity contribution in [2.45, 2.75) is 19.9 Å². The van der Waals surface area contributed by atoms with Crippen LogP contribution < -0.4 is 10.6 Å². The zero-order chi connectivity index (χ0) is 12.7. The summed E-state index contributed by atoms with van der Waals surface area (Å²) in [5, 5.41) is 8.90. The molecule has 0 saturated carbocycles. The Morgan fingerprint density at radius 1 is 1.65 bits per heavy atom. The second-order valence-corrected chi connectivity index (χ2v) is 4.66. The molecule has 0 fully saturated rings. The number of aryl methyl sites for hydroxylation is 1. The molecular formula is C11H19N3O2S. The lowest BCUT2D eigenvalue weighted by atomic mass is 10.3. The van der Waals surface area contributed by atoms with Crippen LogP contribution in [0, 0.1) is 6.92 Å². The number of methoxy groups -OCH3 is 1. The molecule has 0 radical (unpaired) electrons. The molecular weight excluding hydrogens is 238 g/mol. The molecule has 0 aliphatic carbocycles. The van der Waals surface area contributed by atoms with Crippen LogP contribution in [-0.2, 0) is 9.53 Å². The quantitative estimate of drug-likeness (QED) is 0.711. The van der Waals surface area contributed by atoms with E-state index in [9.17, 15) is 4.79 Å². The van der Waals surface area contributed by atoms with Crippen LogP contribution >= 0.6 is 11.3 Å². The maximum absolute atomic E-state index is 11.4. The number of carbonyl (C=O) groups is 1. The third-order valence-electron chi connectivity index (χ3n) is 2.20. The number of amides is 1. The predicted molar refractivity (Wildman–Crippen MR) is 68.2 cm³/mol. The first-order valence-electron chi connectivity index (χ1n) is 5.54. The highest BCUT2D eigenvalue weighted by atomic mass is 32.1. The summed E-state index contributed by atoms with van der Waals surface area (Å²) in [7, 11) is 1.61. The van der Waals surface area contributed by atoms with Crippen molar-refractivity contribution in [1.29, 1.82) is 0 Å². The Hall–Kier alpha value is -0.980. The van der Waals surface area contributed by atoms with E-state index in [1.54, 1.807) is 18.4 Å². The number of hydrogen-bond acceptors (Lipinski definition) is 5. The Morgan fingerprint density at radius 2 is 2.41 bits per heavy atom. The number of carbonyl (C=O) groups excluding carboxylic acids is 1. The fourth-order valence-electron chi connectivity index (χ4n) is 1.26. The van der Waals surface area contributed by atoms with Crippen LogP contribution in [0.25, 0.3) is 0 Å². The molecule has 0 aliphatic rings. The first-order valence-corrected chi connectivity index (χ1v) is 6.42. The summed E-state index contributed by atoms with van der Waals surface area (Å²) >= 11 is 1.61. The van der Waals surface area contributed by atoms with Gasteiger partial charge in [0.2, 0.25) is 5.91 Å². The first kappa shape index (κ1) is 14.1. The van der Waals surface area contributed by atoms with Crippen molar-refractivity contribution in [1.82, 2.24) is 15.6 Å². The van der Waals surface area contributed by atoms with E-state index in [0.717, 1.165) is 10.7 Å². The number of aromatic nitrogens is 1. The Morgan fingerprint density at radius 3 is 3.00 bits per heavy atom. The number of nitrogens with one attached hydrogen (secondary N) is 2. The van der Waals surface area contributed by atoms with Crippen LogP contribution in [0.2, 0.25) is 0 Å². The number of nitrogens with zero attached hydrogens (tertiary/aromatic N) is 1. The summed E-state index contributed by atoms with van der Waals surface area (Å²) < 4.78 is 4.85. The molecule has 1 amide bonds. The maximum Gasteiger partial charge on any atom is 0.234 e. The predicted octanol–water partition coefficient (Wildman–Crippen LogP) is 0.865. The normalized spacial score (nSPS) is 12.4. The van der Waals surface area contributed by atoms with E-state index in [-0.39, 0.29) is 11.9 Å². The molecule has 96 valence electrons. The molecule has 6 heteroatoms. The van der Waals surface area contributed by atoms with Crippen molar-refractivity contribution in [2.75, 3.05) is 26.8 Å². The monoisotopic (exact) mass is 257 g/mol. The van der Waals surface area contributed by atoms with Crippen molar-refractivity contribution in [3.05, 3.63) is 16.1 Å². The van der Waals surface area contributed by atoms with E-state index in [2.05, 4.69) is 15.6 Å². The highest BCUT2D eigenvalue weighted by molar-refractivity contribution is 7.09. The van der Waals surface area contributed by atoms with E-state index >= 15 is 0 Å². The van der Waals surface area contributed by atoms with Gasteiger partial charge in [0.1, 0.15) is 5.01 Å². The fourth-order valence-corrected chi connectivity index (χ4v) is 2.09. The molecule has 1 aromatic heterocycles. The van der Waals surface area contributed by atoms with E-state index in [1.807, 2.05) is 19.2 Å². The third kappa shape index (κ3) is 5.25. The van der Waals surface area contributed by atoms with Crippen molar-refractivity contribution >= 4 is 17.2 Å². The Labute approximate surface area is 106 Å². The number of rotatable bonds is 7. The van der Waals surface area contributed by atoms with Crippen LogP contribution in [0.4, 0.5) is 0 Å². The minimum atomic E-state index is -0.0258. The molecule has 1 aromatic rings. The Kier molecular flexibility index (Phi) is 6.10. The van der Waals surface area contributed by atoms with Crippen LogP contribution in [-0.4, -0.2) is 37.7 Å². The summed E-state index contributed by atoms with van der Waals surface area (Å²) in [5.74, 6) is -0.0258. The molecule has 1 heterocycles. The molecule has 0 saturated heterocycles. The van der Waals surface area contributed by atoms with Gasteiger partial charge in [0.15, 0.2) is 0 Å². The van der Waals surface area contributed by atoms with E-state index in [4.69, 9.17) is 4.74 Å². The van der Waals surface area contributed by atoms with Crippen LogP contribution in [0.3, 0.4) is 0 Å². The second-order valence-electron chi connectivity index (χ2n) is 3.77. The topological polar surface area (TPSA) is 63.2 Å². The highest BCUT2D eigenvalue weighted by Gasteiger charge is 2.10. The minimum absolute atomic E-state index is 0.0258. The molecule has 1 rings (SSSR count). The largest absolute Gasteiger partial charge is 0.383 e. The number of hydrogen-bond donors (Lipinski definition) is 2. The first-order chi connectivity index (χ1) is 8.13. The standard InChI is InChI=1S/C11H19N3O2S/c1-8-7-17-11(14-8)9(2)13-6-10(15)12-4-5-16-3/h7,9,13H,4-6H2,1-3H3,(H,12,15). The summed E-state index contributed by atoms with van der Waals surface area (Å²) in [4.78, 5) is 15.8. The summed E-state index contributed by atoms with van der Waals surface area (Å²) in [5.41, 5.74) is 1.02. The van der Waals surface area contributed by atoms with Gasteiger partial charge in [-0.15, -0.1) is 11.3 Å². The van der Waals surface area contributed by atoms with Gasteiger partial charge >= 0.3 is 0 Å². The van der Waals surface area contributed by atoms with Gasteiger partial charge in [-0.25, -0.2) is 4.98 Å². The van der Waals surface area contributed by atoms with Crippen LogP contribution in [0.1, 0.15) is 23.7 Å². The average molecular weight is 257 g/mol. The number of ether oxygens (including phenoxy) is 1. The van der Waals surface area contributed by atoms with Crippen LogP contribution in [0.5, 0.6) is 0 Å². The van der Waals surface area contributed by atoms with Crippen molar-refractivity contribution in [3.8, 4) is 0 Å². The van der Waals surface area contributed by atoms with Crippen molar-refractivity contribution in [2.24, 2.45) is 0 Å². The minimum Gasteiger partial charge on any atom is -0.383 e. The molecule has 5 nitrogen and oxygen atoms in total.